The molecule has 0 fully saturated rings. The molecule has 0 spiro atoms. The van der Waals surface area contributed by atoms with E-state index in [1.54, 1.807) is 53.5 Å². The SMILES string of the molecule is CCn1cc(C(=O)/C=C/c2ccc(COc3cccc(Cl)c3Cl)o2)cn1. The summed E-state index contributed by atoms with van der Waals surface area (Å²) < 4.78 is 12.9. The fourth-order valence-electron chi connectivity index (χ4n) is 2.22. The fourth-order valence-corrected chi connectivity index (χ4v) is 2.57. The summed E-state index contributed by atoms with van der Waals surface area (Å²) in [5, 5.41) is 4.87. The maximum absolute atomic E-state index is 12.1. The third-order valence-corrected chi connectivity index (χ3v) is 4.41. The molecule has 0 N–H and O–H groups in total. The van der Waals surface area contributed by atoms with Gasteiger partial charge < -0.3 is 9.15 Å². The van der Waals surface area contributed by atoms with E-state index in [2.05, 4.69) is 5.10 Å². The van der Waals surface area contributed by atoms with Crippen molar-refractivity contribution < 1.29 is 13.9 Å². The second-order valence-corrected chi connectivity index (χ2v) is 6.21. The number of hydrogen-bond acceptors (Lipinski definition) is 4. The monoisotopic (exact) mass is 390 g/mol. The van der Waals surface area contributed by atoms with Crippen LogP contribution in [0, 0.1) is 0 Å². The van der Waals surface area contributed by atoms with Crippen LogP contribution in [0.15, 0.2) is 53.2 Å². The normalized spacial score (nSPS) is 11.2. The molecular weight excluding hydrogens is 375 g/mol. The molecule has 0 unspecified atom stereocenters. The fraction of sp³-hybridized carbons (Fsp3) is 0.158. The predicted molar refractivity (Wildman–Crippen MR) is 101 cm³/mol. The lowest BCUT2D eigenvalue weighted by Gasteiger charge is -2.06. The standard InChI is InChI=1S/C19H16Cl2N2O3/c1-2-23-11-13(10-22-23)17(24)9-8-14-6-7-15(26-14)12-25-18-5-3-4-16(20)19(18)21/h3-11H,2,12H2,1H3/b9-8+. The van der Waals surface area contributed by atoms with Gasteiger partial charge in [0, 0.05) is 12.7 Å². The summed E-state index contributed by atoms with van der Waals surface area (Å²) in [5.74, 6) is 1.50. The zero-order valence-corrected chi connectivity index (χ0v) is 15.5. The minimum Gasteiger partial charge on any atom is -0.484 e. The Morgan fingerprint density at radius 2 is 2.15 bits per heavy atom. The first-order valence-electron chi connectivity index (χ1n) is 7.97. The van der Waals surface area contributed by atoms with Gasteiger partial charge >= 0.3 is 0 Å². The molecule has 5 nitrogen and oxygen atoms in total. The first-order chi connectivity index (χ1) is 12.6. The number of rotatable bonds is 7. The Labute approximate surface area is 160 Å². The van der Waals surface area contributed by atoms with E-state index in [4.69, 9.17) is 32.4 Å². The number of ether oxygens (including phenoxy) is 1. The maximum Gasteiger partial charge on any atom is 0.189 e. The number of furan rings is 1. The van der Waals surface area contributed by atoms with Gasteiger partial charge in [0.15, 0.2) is 5.78 Å². The summed E-state index contributed by atoms with van der Waals surface area (Å²) in [6.45, 7) is 2.88. The van der Waals surface area contributed by atoms with E-state index in [0.717, 1.165) is 6.54 Å². The molecule has 1 aromatic carbocycles. The smallest absolute Gasteiger partial charge is 0.189 e. The van der Waals surface area contributed by atoms with Crippen molar-refractivity contribution in [1.29, 1.82) is 0 Å². The maximum atomic E-state index is 12.1. The van der Waals surface area contributed by atoms with Crippen molar-refractivity contribution >= 4 is 35.1 Å². The zero-order chi connectivity index (χ0) is 18.5. The first kappa shape index (κ1) is 18.3. The van der Waals surface area contributed by atoms with Crippen molar-refractivity contribution in [3.63, 3.8) is 0 Å². The lowest BCUT2D eigenvalue weighted by atomic mass is 10.2. The lowest BCUT2D eigenvalue weighted by molar-refractivity contribution is 0.104. The minimum atomic E-state index is -0.135. The Morgan fingerprint density at radius 1 is 1.31 bits per heavy atom. The number of hydrogen-bond donors (Lipinski definition) is 0. The molecular formula is C19H16Cl2N2O3. The highest BCUT2D eigenvalue weighted by atomic mass is 35.5. The first-order valence-corrected chi connectivity index (χ1v) is 8.73. The van der Waals surface area contributed by atoms with Crippen LogP contribution in [-0.2, 0) is 13.2 Å². The van der Waals surface area contributed by atoms with Gasteiger partial charge in [0.05, 0.1) is 16.8 Å². The molecule has 2 heterocycles. The summed E-state index contributed by atoms with van der Waals surface area (Å²) in [5.41, 5.74) is 0.536. The van der Waals surface area contributed by atoms with Crippen molar-refractivity contribution in [1.82, 2.24) is 9.78 Å². The average molecular weight is 391 g/mol. The van der Waals surface area contributed by atoms with Crippen LogP contribution in [0.2, 0.25) is 10.0 Å². The molecule has 0 atom stereocenters. The van der Waals surface area contributed by atoms with Gasteiger partial charge in [-0.15, -0.1) is 0 Å². The second-order valence-electron chi connectivity index (χ2n) is 5.43. The summed E-state index contributed by atoms with van der Waals surface area (Å²) >= 11 is 12.0. The van der Waals surface area contributed by atoms with E-state index in [1.807, 2.05) is 6.92 Å². The third-order valence-electron chi connectivity index (χ3n) is 3.61. The number of ketones is 1. The van der Waals surface area contributed by atoms with Crippen LogP contribution in [0.5, 0.6) is 5.75 Å². The Morgan fingerprint density at radius 3 is 2.92 bits per heavy atom. The minimum absolute atomic E-state index is 0.135. The van der Waals surface area contributed by atoms with Gasteiger partial charge in [0.1, 0.15) is 28.9 Å². The molecule has 26 heavy (non-hydrogen) atoms. The number of aromatic nitrogens is 2. The van der Waals surface area contributed by atoms with E-state index >= 15 is 0 Å². The third kappa shape index (κ3) is 4.36. The number of allylic oxidation sites excluding steroid dienone is 1. The molecule has 0 radical (unpaired) electrons. The molecule has 0 saturated heterocycles. The van der Waals surface area contributed by atoms with E-state index in [-0.39, 0.29) is 12.4 Å². The van der Waals surface area contributed by atoms with E-state index in [1.165, 1.54) is 6.08 Å². The van der Waals surface area contributed by atoms with Crippen molar-refractivity contribution in [2.75, 3.05) is 0 Å². The molecule has 0 bridgehead atoms. The van der Waals surface area contributed by atoms with Crippen LogP contribution in [0.3, 0.4) is 0 Å². The highest BCUT2D eigenvalue weighted by Crippen LogP contribution is 2.32. The molecule has 2 aromatic heterocycles. The molecule has 0 amide bonds. The largest absolute Gasteiger partial charge is 0.484 e. The van der Waals surface area contributed by atoms with Crippen LogP contribution in [0.4, 0.5) is 0 Å². The van der Waals surface area contributed by atoms with Gasteiger partial charge in [-0.2, -0.15) is 5.10 Å². The molecule has 3 aromatic rings. The molecule has 0 saturated carbocycles. The van der Waals surface area contributed by atoms with E-state index < -0.39 is 0 Å². The quantitative estimate of drug-likeness (QED) is 0.406. The predicted octanol–water partition coefficient (Wildman–Crippen LogP) is 5.28. The molecule has 134 valence electrons. The van der Waals surface area contributed by atoms with Crippen molar-refractivity contribution in [3.8, 4) is 5.75 Å². The highest BCUT2D eigenvalue weighted by Gasteiger charge is 2.08. The number of halogens is 2. The molecule has 3 rings (SSSR count). The zero-order valence-electron chi connectivity index (χ0n) is 14.0. The van der Waals surface area contributed by atoms with Gasteiger partial charge in [-0.3, -0.25) is 9.48 Å². The Balaban J connectivity index is 1.60. The van der Waals surface area contributed by atoms with Crippen LogP contribution < -0.4 is 4.74 Å². The van der Waals surface area contributed by atoms with Crippen LogP contribution in [0.1, 0.15) is 28.8 Å². The van der Waals surface area contributed by atoms with Gasteiger partial charge in [-0.1, -0.05) is 29.3 Å². The summed E-state index contributed by atoms with van der Waals surface area (Å²) in [6, 6.07) is 8.71. The number of carbonyl (C=O) groups excluding carboxylic acids is 1. The number of benzene rings is 1. The summed E-state index contributed by atoms with van der Waals surface area (Å²) in [7, 11) is 0. The Kier molecular flexibility index (Phi) is 5.81. The van der Waals surface area contributed by atoms with E-state index in [9.17, 15) is 4.79 Å². The molecule has 0 aliphatic rings. The van der Waals surface area contributed by atoms with Crippen LogP contribution in [0.25, 0.3) is 6.08 Å². The Bertz CT molecular complexity index is 944. The van der Waals surface area contributed by atoms with Crippen molar-refractivity contribution in [3.05, 3.63) is 75.9 Å². The summed E-state index contributed by atoms with van der Waals surface area (Å²) in [4.78, 5) is 12.1. The molecule has 0 aliphatic heterocycles. The highest BCUT2D eigenvalue weighted by molar-refractivity contribution is 6.42. The number of nitrogens with zero attached hydrogens (tertiary/aromatic N) is 2. The Hall–Kier alpha value is -2.50. The van der Waals surface area contributed by atoms with E-state index in [0.29, 0.717) is 32.9 Å². The van der Waals surface area contributed by atoms with Gasteiger partial charge in [0.25, 0.3) is 0 Å². The summed E-state index contributed by atoms with van der Waals surface area (Å²) in [6.07, 6.45) is 6.32. The van der Waals surface area contributed by atoms with Gasteiger partial charge in [-0.25, -0.2) is 0 Å². The van der Waals surface area contributed by atoms with Crippen LogP contribution in [-0.4, -0.2) is 15.6 Å². The van der Waals surface area contributed by atoms with Crippen LogP contribution >= 0.6 is 23.2 Å². The van der Waals surface area contributed by atoms with Crippen molar-refractivity contribution in [2.24, 2.45) is 0 Å². The van der Waals surface area contributed by atoms with Gasteiger partial charge in [0.2, 0.25) is 0 Å². The van der Waals surface area contributed by atoms with Crippen molar-refractivity contribution in [2.45, 2.75) is 20.1 Å². The second kappa shape index (κ2) is 8.25. The number of aryl methyl sites for hydroxylation is 1. The average Bonchev–Trinajstić information content (AvgIpc) is 3.30. The number of carbonyl (C=O) groups is 1. The molecule has 7 heteroatoms. The van der Waals surface area contributed by atoms with Gasteiger partial charge in [-0.05, 0) is 43.3 Å². The molecule has 0 aliphatic carbocycles. The topological polar surface area (TPSA) is 57.3 Å². The lowest BCUT2D eigenvalue weighted by Crippen LogP contribution is -1.94.